The molecule has 0 fully saturated rings. The zero-order chi connectivity index (χ0) is 10.5. The molecule has 0 aliphatic heterocycles. The summed E-state index contributed by atoms with van der Waals surface area (Å²) in [5, 5.41) is 0. The van der Waals surface area contributed by atoms with Gasteiger partial charge in [-0.05, 0) is 33.7 Å². The number of halogens is 1. The Morgan fingerprint density at radius 1 is 1.07 bits per heavy atom. The van der Waals surface area contributed by atoms with E-state index in [0.717, 1.165) is 12.1 Å². The summed E-state index contributed by atoms with van der Waals surface area (Å²) in [5.74, 6) is 0. The SMILES string of the molecule is [CH2-]C[Si](CC)(OC(C)C)OC(C)C.[Cl-].[Mg+2]. The Morgan fingerprint density at radius 3 is 1.53 bits per heavy atom. The van der Waals surface area contributed by atoms with Crippen LogP contribution in [0.5, 0.6) is 0 Å². The molecule has 0 aliphatic rings. The van der Waals surface area contributed by atoms with Crippen LogP contribution in [-0.4, -0.2) is 43.8 Å². The van der Waals surface area contributed by atoms with Crippen molar-refractivity contribution in [2.75, 3.05) is 0 Å². The Bertz CT molecular complexity index is 129. The van der Waals surface area contributed by atoms with Gasteiger partial charge in [0, 0.05) is 12.2 Å². The molecular formula is C10H23ClMgO2Si. The standard InChI is InChI=1S/C10H23O2Si.ClH.Mg/c1-7-13(8-2,11-9(3)4)12-10(5)6;;/h9-10H,1,7-8H2,2-6H3;1H;/q-1;;+2/p-1. The van der Waals surface area contributed by atoms with Gasteiger partial charge in [0.25, 0.3) is 0 Å². The zero-order valence-corrected chi connectivity index (χ0v) is 13.8. The van der Waals surface area contributed by atoms with E-state index in [9.17, 15) is 0 Å². The van der Waals surface area contributed by atoms with E-state index in [-0.39, 0.29) is 47.7 Å². The van der Waals surface area contributed by atoms with Crippen molar-refractivity contribution in [2.45, 2.75) is 58.9 Å². The molecule has 2 nitrogen and oxygen atoms in total. The molecular weight excluding hydrogens is 240 g/mol. The second kappa shape index (κ2) is 10.4. The molecule has 0 spiro atoms. The minimum atomic E-state index is -1.98. The predicted molar refractivity (Wildman–Crippen MR) is 64.6 cm³/mol. The van der Waals surface area contributed by atoms with Gasteiger partial charge in [-0.1, -0.05) is 6.92 Å². The van der Waals surface area contributed by atoms with Crippen LogP contribution in [0.1, 0.15) is 34.6 Å². The van der Waals surface area contributed by atoms with Gasteiger partial charge in [0.15, 0.2) is 0 Å². The van der Waals surface area contributed by atoms with Crippen molar-refractivity contribution in [1.29, 1.82) is 0 Å². The number of rotatable bonds is 6. The van der Waals surface area contributed by atoms with Gasteiger partial charge < -0.3 is 28.2 Å². The van der Waals surface area contributed by atoms with Gasteiger partial charge in [0.1, 0.15) is 0 Å². The van der Waals surface area contributed by atoms with Crippen LogP contribution in [0, 0.1) is 6.92 Å². The van der Waals surface area contributed by atoms with E-state index in [4.69, 9.17) is 8.85 Å². The predicted octanol–water partition coefficient (Wildman–Crippen LogP) is -0.244. The van der Waals surface area contributed by atoms with Crippen molar-refractivity contribution in [3.63, 3.8) is 0 Å². The maximum Gasteiger partial charge on any atom is 2.00 e. The normalized spacial score (nSPS) is 11.2. The van der Waals surface area contributed by atoms with Gasteiger partial charge in [0.2, 0.25) is 0 Å². The molecule has 15 heavy (non-hydrogen) atoms. The average molecular weight is 263 g/mol. The fraction of sp³-hybridized carbons (Fsp3) is 0.900. The summed E-state index contributed by atoms with van der Waals surface area (Å²) in [6, 6.07) is 1.77. The molecule has 0 bridgehead atoms. The molecule has 0 aliphatic carbocycles. The average Bonchev–Trinajstić information content (AvgIpc) is 2.01. The zero-order valence-electron chi connectivity index (χ0n) is 10.7. The summed E-state index contributed by atoms with van der Waals surface area (Å²) in [5.41, 5.74) is 0. The Balaban J connectivity index is -0.000000720. The largest absolute Gasteiger partial charge is 2.00 e. The van der Waals surface area contributed by atoms with Crippen LogP contribution in [0.3, 0.4) is 0 Å². The smallest absolute Gasteiger partial charge is 1.00 e. The first-order chi connectivity index (χ1) is 5.95. The third-order valence-corrected chi connectivity index (χ3v) is 5.46. The molecule has 5 heteroatoms. The Kier molecular flexibility index (Phi) is 14.8. The molecule has 0 N–H and O–H groups in total. The first kappa shape index (κ1) is 21.5. The summed E-state index contributed by atoms with van der Waals surface area (Å²) in [7, 11) is -1.98. The molecule has 0 atom stereocenters. The third-order valence-electron chi connectivity index (χ3n) is 1.82. The van der Waals surface area contributed by atoms with E-state index in [1.807, 2.05) is 0 Å². The Hall–Kier alpha value is 1.19. The first-order valence-electron chi connectivity index (χ1n) is 5.10. The van der Waals surface area contributed by atoms with E-state index in [1.165, 1.54) is 0 Å². The maximum absolute atomic E-state index is 5.90. The molecule has 88 valence electrons. The Morgan fingerprint density at radius 2 is 1.40 bits per heavy atom. The first-order valence-corrected chi connectivity index (χ1v) is 7.33. The van der Waals surface area contributed by atoms with Crippen molar-refractivity contribution in [2.24, 2.45) is 0 Å². The van der Waals surface area contributed by atoms with Crippen molar-refractivity contribution in [3.8, 4) is 0 Å². The van der Waals surface area contributed by atoms with Crippen LogP contribution >= 0.6 is 0 Å². The summed E-state index contributed by atoms with van der Waals surface area (Å²) in [6.07, 6.45) is 0.485. The second-order valence-electron chi connectivity index (χ2n) is 3.85. The van der Waals surface area contributed by atoms with Crippen LogP contribution in [0.2, 0.25) is 12.1 Å². The van der Waals surface area contributed by atoms with Crippen LogP contribution in [0.25, 0.3) is 0 Å². The van der Waals surface area contributed by atoms with E-state index >= 15 is 0 Å². The van der Waals surface area contributed by atoms with Crippen LogP contribution in [-0.2, 0) is 8.85 Å². The van der Waals surface area contributed by atoms with Crippen LogP contribution in [0.15, 0.2) is 0 Å². The molecule has 0 saturated carbocycles. The van der Waals surface area contributed by atoms with E-state index < -0.39 is 8.56 Å². The van der Waals surface area contributed by atoms with Crippen molar-refractivity contribution >= 4 is 31.6 Å². The van der Waals surface area contributed by atoms with Gasteiger partial charge in [-0.2, -0.15) is 0 Å². The summed E-state index contributed by atoms with van der Waals surface area (Å²) in [6.45, 7) is 14.3. The summed E-state index contributed by atoms with van der Waals surface area (Å²) < 4.78 is 11.8. The maximum atomic E-state index is 5.90. The van der Waals surface area contributed by atoms with E-state index in [1.54, 1.807) is 0 Å². The molecule has 0 rings (SSSR count). The topological polar surface area (TPSA) is 18.5 Å². The molecule has 0 radical (unpaired) electrons. The van der Waals surface area contributed by atoms with Gasteiger partial charge >= 0.3 is 31.6 Å². The van der Waals surface area contributed by atoms with E-state index in [2.05, 4.69) is 41.5 Å². The summed E-state index contributed by atoms with van der Waals surface area (Å²) in [4.78, 5) is 0. The summed E-state index contributed by atoms with van der Waals surface area (Å²) >= 11 is 0. The molecule has 0 amide bonds. The molecule has 0 aromatic carbocycles. The monoisotopic (exact) mass is 262 g/mol. The number of hydrogen-bond donors (Lipinski definition) is 0. The third kappa shape index (κ3) is 8.95. The molecule has 0 heterocycles. The van der Waals surface area contributed by atoms with Crippen LogP contribution < -0.4 is 12.4 Å². The molecule has 0 unspecified atom stereocenters. The van der Waals surface area contributed by atoms with Crippen molar-refractivity contribution in [3.05, 3.63) is 6.92 Å². The van der Waals surface area contributed by atoms with E-state index in [0.29, 0.717) is 0 Å². The fourth-order valence-corrected chi connectivity index (χ4v) is 4.04. The second-order valence-corrected chi connectivity index (χ2v) is 7.35. The fourth-order valence-electron chi connectivity index (χ4n) is 1.35. The Labute approximate surface area is 118 Å². The minimum Gasteiger partial charge on any atom is -1.00 e. The van der Waals surface area contributed by atoms with Gasteiger partial charge in [0.05, 0.1) is 0 Å². The van der Waals surface area contributed by atoms with Gasteiger partial charge in [-0.15, -0.1) is 6.04 Å². The number of hydrogen-bond acceptors (Lipinski definition) is 2. The molecule has 0 saturated heterocycles. The van der Waals surface area contributed by atoms with Crippen LogP contribution in [0.4, 0.5) is 0 Å². The van der Waals surface area contributed by atoms with Crippen molar-refractivity contribution < 1.29 is 21.3 Å². The molecule has 0 aromatic heterocycles. The van der Waals surface area contributed by atoms with Crippen molar-refractivity contribution in [1.82, 2.24) is 0 Å². The van der Waals surface area contributed by atoms with Gasteiger partial charge in [-0.25, -0.2) is 0 Å². The van der Waals surface area contributed by atoms with Gasteiger partial charge in [-0.3, -0.25) is 0 Å². The minimum absolute atomic E-state index is 0. The quantitative estimate of drug-likeness (QED) is 0.486. The molecule has 0 aromatic rings.